The van der Waals surface area contributed by atoms with Gasteiger partial charge in [-0.05, 0) is 31.0 Å². The van der Waals surface area contributed by atoms with Gasteiger partial charge in [-0.25, -0.2) is 4.98 Å². The quantitative estimate of drug-likeness (QED) is 0.708. The van der Waals surface area contributed by atoms with Gasteiger partial charge >= 0.3 is 0 Å². The SMILES string of the molecule is Cc1cccc(OCc2cncc(-c3cccc4c3N(C)C(=O)CC4)c2)n1. The number of anilines is 1. The smallest absolute Gasteiger partial charge is 0.227 e. The van der Waals surface area contributed by atoms with Crippen molar-refractivity contribution >= 4 is 11.6 Å². The van der Waals surface area contributed by atoms with Crippen molar-refractivity contribution in [1.29, 1.82) is 0 Å². The average Bonchev–Trinajstić information content (AvgIpc) is 2.69. The van der Waals surface area contributed by atoms with E-state index < -0.39 is 0 Å². The summed E-state index contributed by atoms with van der Waals surface area (Å²) in [6, 6.07) is 13.9. The summed E-state index contributed by atoms with van der Waals surface area (Å²) in [6.45, 7) is 2.33. The fraction of sp³-hybridized carbons (Fsp3) is 0.227. The van der Waals surface area contributed by atoms with Gasteiger partial charge in [0.05, 0.1) is 5.69 Å². The van der Waals surface area contributed by atoms with Gasteiger partial charge in [0, 0.05) is 54.3 Å². The van der Waals surface area contributed by atoms with Gasteiger partial charge in [-0.15, -0.1) is 0 Å². The number of rotatable bonds is 4. The van der Waals surface area contributed by atoms with E-state index in [0.29, 0.717) is 18.9 Å². The summed E-state index contributed by atoms with van der Waals surface area (Å²) < 4.78 is 5.80. The molecule has 0 radical (unpaired) electrons. The lowest BCUT2D eigenvalue weighted by atomic mass is 9.94. The van der Waals surface area contributed by atoms with Crippen LogP contribution in [0.3, 0.4) is 0 Å². The Morgan fingerprint density at radius 3 is 2.81 bits per heavy atom. The number of hydrogen-bond donors (Lipinski definition) is 0. The molecule has 5 nitrogen and oxygen atoms in total. The molecular weight excluding hydrogens is 338 g/mol. The first-order valence-electron chi connectivity index (χ1n) is 9.01. The molecule has 0 atom stereocenters. The number of nitrogens with zero attached hydrogens (tertiary/aromatic N) is 3. The van der Waals surface area contributed by atoms with Crippen LogP contribution in [-0.2, 0) is 17.8 Å². The number of amides is 1. The molecule has 0 bridgehead atoms. The summed E-state index contributed by atoms with van der Waals surface area (Å²) in [4.78, 5) is 22.7. The minimum Gasteiger partial charge on any atom is -0.473 e. The third-order valence-corrected chi connectivity index (χ3v) is 4.79. The van der Waals surface area contributed by atoms with Crippen LogP contribution in [0.25, 0.3) is 11.1 Å². The minimum absolute atomic E-state index is 0.146. The number of pyridine rings is 2. The Morgan fingerprint density at radius 1 is 1.11 bits per heavy atom. The maximum absolute atomic E-state index is 12.2. The molecule has 0 saturated heterocycles. The van der Waals surface area contributed by atoms with E-state index in [1.807, 2.05) is 50.5 Å². The Labute approximate surface area is 158 Å². The fourth-order valence-corrected chi connectivity index (χ4v) is 3.43. The van der Waals surface area contributed by atoms with Gasteiger partial charge in [0.1, 0.15) is 6.61 Å². The van der Waals surface area contributed by atoms with Crippen LogP contribution in [0.5, 0.6) is 5.88 Å². The number of para-hydroxylation sites is 1. The predicted molar refractivity (Wildman–Crippen MR) is 105 cm³/mol. The topological polar surface area (TPSA) is 55.3 Å². The van der Waals surface area contributed by atoms with Crippen LogP contribution in [-0.4, -0.2) is 22.9 Å². The lowest BCUT2D eigenvalue weighted by Crippen LogP contribution is -2.31. The van der Waals surface area contributed by atoms with Crippen molar-refractivity contribution in [1.82, 2.24) is 9.97 Å². The molecule has 0 unspecified atom stereocenters. The van der Waals surface area contributed by atoms with E-state index in [1.54, 1.807) is 11.1 Å². The zero-order valence-corrected chi connectivity index (χ0v) is 15.5. The molecule has 0 aliphatic carbocycles. The molecule has 136 valence electrons. The zero-order valence-electron chi connectivity index (χ0n) is 15.5. The first kappa shape index (κ1) is 17.2. The molecule has 0 fully saturated rings. The molecule has 27 heavy (non-hydrogen) atoms. The summed E-state index contributed by atoms with van der Waals surface area (Å²) in [6.07, 6.45) is 4.96. The summed E-state index contributed by atoms with van der Waals surface area (Å²) >= 11 is 0. The molecule has 1 aromatic carbocycles. The van der Waals surface area contributed by atoms with Crippen LogP contribution >= 0.6 is 0 Å². The lowest BCUT2D eigenvalue weighted by molar-refractivity contribution is -0.118. The predicted octanol–water partition coefficient (Wildman–Crippen LogP) is 3.94. The monoisotopic (exact) mass is 359 g/mol. The van der Waals surface area contributed by atoms with Crippen LogP contribution in [0, 0.1) is 6.92 Å². The summed E-state index contributed by atoms with van der Waals surface area (Å²) in [5.41, 5.74) is 6.05. The third kappa shape index (κ3) is 3.53. The highest BCUT2D eigenvalue weighted by molar-refractivity contribution is 6.00. The molecule has 1 aliphatic rings. The van der Waals surface area contributed by atoms with Crippen LogP contribution in [0.15, 0.2) is 54.9 Å². The highest BCUT2D eigenvalue weighted by Gasteiger charge is 2.24. The largest absolute Gasteiger partial charge is 0.473 e. The maximum Gasteiger partial charge on any atom is 0.227 e. The standard InChI is InChI=1S/C22H21N3O2/c1-15-5-3-8-20(24-15)27-14-16-11-18(13-23-12-16)19-7-4-6-17-9-10-21(26)25(2)22(17)19/h3-8,11-13H,9-10,14H2,1-2H3. The molecule has 3 aromatic rings. The van der Waals surface area contributed by atoms with Crippen molar-refractivity contribution in [3.8, 4) is 17.0 Å². The Kier molecular flexibility index (Phi) is 4.59. The van der Waals surface area contributed by atoms with Crippen molar-refractivity contribution in [3.05, 3.63) is 71.7 Å². The molecule has 0 N–H and O–H groups in total. The highest BCUT2D eigenvalue weighted by atomic mass is 16.5. The Hall–Kier alpha value is -3.21. The molecular formula is C22H21N3O2. The fourth-order valence-electron chi connectivity index (χ4n) is 3.43. The van der Waals surface area contributed by atoms with Crippen molar-refractivity contribution < 1.29 is 9.53 Å². The Balaban J connectivity index is 1.63. The maximum atomic E-state index is 12.2. The molecule has 5 heteroatoms. The minimum atomic E-state index is 0.146. The van der Waals surface area contributed by atoms with Gasteiger partial charge in [-0.3, -0.25) is 9.78 Å². The van der Waals surface area contributed by atoms with Crippen LogP contribution in [0.4, 0.5) is 5.69 Å². The molecule has 4 rings (SSSR count). The summed E-state index contributed by atoms with van der Waals surface area (Å²) in [5.74, 6) is 0.746. The zero-order chi connectivity index (χ0) is 18.8. The van der Waals surface area contributed by atoms with Gasteiger partial charge in [0.25, 0.3) is 0 Å². The first-order valence-corrected chi connectivity index (χ1v) is 9.01. The summed E-state index contributed by atoms with van der Waals surface area (Å²) in [5, 5.41) is 0. The average molecular weight is 359 g/mol. The van der Waals surface area contributed by atoms with Crippen molar-refractivity contribution in [2.24, 2.45) is 0 Å². The van der Waals surface area contributed by atoms with Gasteiger partial charge < -0.3 is 9.64 Å². The Bertz CT molecular complexity index is 1000. The lowest BCUT2D eigenvalue weighted by Gasteiger charge is -2.28. The number of carbonyl (C=O) groups is 1. The third-order valence-electron chi connectivity index (χ3n) is 4.79. The Morgan fingerprint density at radius 2 is 1.96 bits per heavy atom. The van der Waals surface area contributed by atoms with Crippen molar-refractivity contribution in [3.63, 3.8) is 0 Å². The van der Waals surface area contributed by atoms with Crippen LogP contribution in [0.2, 0.25) is 0 Å². The first-order chi connectivity index (χ1) is 13.1. The molecule has 1 amide bonds. The van der Waals surface area contributed by atoms with Crippen LogP contribution < -0.4 is 9.64 Å². The van der Waals surface area contributed by atoms with Crippen molar-refractivity contribution in [2.45, 2.75) is 26.4 Å². The van der Waals surface area contributed by atoms with E-state index in [4.69, 9.17) is 4.74 Å². The number of aromatic nitrogens is 2. The normalized spacial score (nSPS) is 13.4. The molecule has 2 aromatic heterocycles. The van der Waals surface area contributed by atoms with E-state index in [0.717, 1.165) is 34.5 Å². The second kappa shape index (κ2) is 7.19. The van der Waals surface area contributed by atoms with Gasteiger partial charge in [-0.1, -0.05) is 24.3 Å². The van der Waals surface area contributed by atoms with Crippen molar-refractivity contribution in [2.75, 3.05) is 11.9 Å². The van der Waals surface area contributed by atoms with E-state index in [-0.39, 0.29) is 5.91 Å². The van der Waals surface area contributed by atoms with Gasteiger partial charge in [-0.2, -0.15) is 0 Å². The van der Waals surface area contributed by atoms with E-state index >= 15 is 0 Å². The van der Waals surface area contributed by atoms with E-state index in [2.05, 4.69) is 22.1 Å². The number of fused-ring (bicyclic) bond motifs is 1. The van der Waals surface area contributed by atoms with Gasteiger partial charge in [0.15, 0.2) is 0 Å². The second-order valence-electron chi connectivity index (χ2n) is 6.75. The van der Waals surface area contributed by atoms with Gasteiger partial charge in [0.2, 0.25) is 11.8 Å². The number of aryl methyl sites for hydroxylation is 2. The summed E-state index contributed by atoms with van der Waals surface area (Å²) in [7, 11) is 1.84. The van der Waals surface area contributed by atoms with E-state index in [1.165, 1.54) is 5.56 Å². The van der Waals surface area contributed by atoms with Crippen LogP contribution in [0.1, 0.15) is 23.2 Å². The molecule has 0 saturated carbocycles. The molecule has 0 spiro atoms. The number of hydrogen-bond acceptors (Lipinski definition) is 4. The molecule has 3 heterocycles. The van der Waals surface area contributed by atoms with E-state index in [9.17, 15) is 4.79 Å². The highest BCUT2D eigenvalue weighted by Crippen LogP contribution is 2.37. The number of ether oxygens (including phenoxy) is 1. The second-order valence-corrected chi connectivity index (χ2v) is 6.75. The number of carbonyl (C=O) groups excluding carboxylic acids is 1. The number of benzene rings is 1. The molecule has 1 aliphatic heterocycles.